The van der Waals surface area contributed by atoms with Crippen LogP contribution in [0.5, 0.6) is 5.75 Å². The van der Waals surface area contributed by atoms with Crippen LogP contribution in [0.2, 0.25) is 5.02 Å². The van der Waals surface area contributed by atoms with Crippen LogP contribution in [0.4, 0.5) is 0 Å². The molecule has 0 atom stereocenters. The molecule has 0 spiro atoms. The van der Waals surface area contributed by atoms with Crippen molar-refractivity contribution in [1.29, 1.82) is 5.41 Å². The van der Waals surface area contributed by atoms with Crippen molar-refractivity contribution in [2.45, 2.75) is 39.3 Å². The topological polar surface area (TPSA) is 62.3 Å². The molecule has 0 saturated heterocycles. The van der Waals surface area contributed by atoms with Crippen molar-refractivity contribution in [2.24, 2.45) is 5.73 Å². The average molecular weight is 296 g/mol. The van der Waals surface area contributed by atoms with Gasteiger partial charge in [0.25, 0.3) is 0 Å². The van der Waals surface area contributed by atoms with Crippen LogP contribution < -0.4 is 10.5 Å². The monoisotopic (exact) mass is 295 g/mol. The summed E-state index contributed by atoms with van der Waals surface area (Å²) >= 11 is 6.19. The Labute approximate surface area is 125 Å². The fourth-order valence-corrected chi connectivity index (χ4v) is 2.73. The summed E-state index contributed by atoms with van der Waals surface area (Å²) in [7, 11) is 0. The van der Waals surface area contributed by atoms with Gasteiger partial charge >= 0.3 is 0 Å². The van der Waals surface area contributed by atoms with E-state index in [1.807, 2.05) is 12.1 Å². The van der Waals surface area contributed by atoms with E-state index in [1.54, 1.807) is 0 Å². The number of nitrogens with one attached hydrogen (secondary N) is 1. The van der Waals surface area contributed by atoms with Crippen LogP contribution in [0, 0.1) is 5.41 Å². The molecule has 0 amide bonds. The molecule has 0 unspecified atom stereocenters. The predicted molar refractivity (Wildman–Crippen MR) is 82.7 cm³/mol. The lowest BCUT2D eigenvalue weighted by Gasteiger charge is -2.27. The van der Waals surface area contributed by atoms with Gasteiger partial charge in [0.05, 0.1) is 12.4 Å². The molecule has 1 aliphatic rings. The van der Waals surface area contributed by atoms with E-state index in [2.05, 4.69) is 18.7 Å². The lowest BCUT2D eigenvalue weighted by atomic mass is 10.1. The van der Waals surface area contributed by atoms with Crippen LogP contribution in [0.3, 0.4) is 0 Å². The molecule has 5 heteroatoms. The second-order valence-electron chi connectivity index (χ2n) is 5.49. The maximum absolute atomic E-state index is 7.37. The maximum atomic E-state index is 7.37. The van der Waals surface area contributed by atoms with E-state index in [4.69, 9.17) is 27.5 Å². The Balaban J connectivity index is 2.16. The third-order valence-corrected chi connectivity index (χ3v) is 3.82. The first-order chi connectivity index (χ1) is 9.47. The molecule has 3 N–H and O–H groups in total. The summed E-state index contributed by atoms with van der Waals surface area (Å²) in [6.45, 7) is 6.57. The molecule has 4 nitrogen and oxygen atoms in total. The van der Waals surface area contributed by atoms with E-state index < -0.39 is 0 Å². The number of nitrogens with zero attached hydrogens (tertiary/aromatic N) is 1. The molecule has 0 saturated carbocycles. The molecule has 0 radical (unpaired) electrons. The van der Waals surface area contributed by atoms with E-state index >= 15 is 0 Å². The highest BCUT2D eigenvalue weighted by atomic mass is 35.5. The highest BCUT2D eigenvalue weighted by molar-refractivity contribution is 6.30. The largest absolute Gasteiger partial charge is 0.493 e. The van der Waals surface area contributed by atoms with Gasteiger partial charge in [0.1, 0.15) is 5.75 Å². The smallest absolute Gasteiger partial charge is 0.127 e. The van der Waals surface area contributed by atoms with Crippen molar-refractivity contribution in [1.82, 2.24) is 4.90 Å². The van der Waals surface area contributed by atoms with Crippen molar-refractivity contribution in [2.75, 3.05) is 13.2 Å². The van der Waals surface area contributed by atoms with Crippen molar-refractivity contribution in [3.63, 3.8) is 0 Å². The summed E-state index contributed by atoms with van der Waals surface area (Å²) in [4.78, 5) is 2.29. The van der Waals surface area contributed by atoms with Crippen molar-refractivity contribution >= 4 is 17.4 Å². The zero-order valence-electron chi connectivity index (χ0n) is 12.1. The minimum atomic E-state index is 0.225. The maximum Gasteiger partial charge on any atom is 0.127 e. The molecule has 0 aromatic heterocycles. The number of fused-ring (bicyclic) bond motifs is 1. The number of benzene rings is 1. The molecule has 1 aromatic rings. The molecule has 20 heavy (non-hydrogen) atoms. The normalized spacial score (nSPS) is 13.7. The number of hydrogen-bond donors (Lipinski definition) is 2. The zero-order chi connectivity index (χ0) is 14.7. The number of hydrogen-bond acceptors (Lipinski definition) is 3. The van der Waals surface area contributed by atoms with Crippen LogP contribution in [-0.2, 0) is 13.0 Å². The standard InChI is InChI=1S/C15H22ClN3O/c1-10(2)19(5-3-14(17)18)9-12-8-13(16)7-11-4-6-20-15(11)12/h7-8,10H,3-6,9H2,1-2H3,(H3,17,18). The number of rotatable bonds is 6. The molecule has 110 valence electrons. The number of ether oxygens (including phenoxy) is 1. The van der Waals surface area contributed by atoms with Gasteiger partial charge < -0.3 is 10.5 Å². The summed E-state index contributed by atoms with van der Waals surface area (Å²) in [5, 5.41) is 8.13. The summed E-state index contributed by atoms with van der Waals surface area (Å²) in [5.41, 5.74) is 7.78. The fourth-order valence-electron chi connectivity index (χ4n) is 2.47. The van der Waals surface area contributed by atoms with Gasteiger partial charge in [-0.3, -0.25) is 10.3 Å². The molecular weight excluding hydrogens is 274 g/mol. The van der Waals surface area contributed by atoms with Gasteiger partial charge in [-0.1, -0.05) is 11.6 Å². The van der Waals surface area contributed by atoms with E-state index in [-0.39, 0.29) is 5.84 Å². The SMILES string of the molecule is CC(C)N(CCC(=N)N)Cc1cc(Cl)cc2c1OCC2. The number of amidine groups is 1. The van der Waals surface area contributed by atoms with E-state index in [0.717, 1.165) is 42.5 Å². The Bertz CT molecular complexity index is 502. The minimum absolute atomic E-state index is 0.225. The Morgan fingerprint density at radius 1 is 1.50 bits per heavy atom. The first kappa shape index (κ1) is 15.1. The lowest BCUT2D eigenvalue weighted by molar-refractivity contribution is 0.215. The molecule has 0 fully saturated rings. The molecule has 1 aromatic carbocycles. The quantitative estimate of drug-likeness (QED) is 0.626. The third-order valence-electron chi connectivity index (χ3n) is 3.60. The second-order valence-corrected chi connectivity index (χ2v) is 5.93. The number of nitrogens with two attached hydrogens (primary N) is 1. The molecule has 1 heterocycles. The lowest BCUT2D eigenvalue weighted by Crippen LogP contribution is -2.33. The van der Waals surface area contributed by atoms with E-state index in [0.29, 0.717) is 12.5 Å². The predicted octanol–water partition coefficient (Wildman–Crippen LogP) is 2.81. The Kier molecular flexibility index (Phi) is 4.89. The molecular formula is C15H22ClN3O. The van der Waals surface area contributed by atoms with Gasteiger partial charge in [0, 0.05) is 42.6 Å². The highest BCUT2D eigenvalue weighted by Gasteiger charge is 2.20. The van der Waals surface area contributed by atoms with Crippen molar-refractivity contribution < 1.29 is 4.74 Å². The molecule has 0 bridgehead atoms. The van der Waals surface area contributed by atoms with Gasteiger partial charge in [0.15, 0.2) is 0 Å². The van der Waals surface area contributed by atoms with Gasteiger partial charge in [-0.25, -0.2) is 0 Å². The Morgan fingerprint density at radius 2 is 2.25 bits per heavy atom. The molecule has 0 aliphatic carbocycles. The van der Waals surface area contributed by atoms with Gasteiger partial charge in [0.2, 0.25) is 0 Å². The zero-order valence-corrected chi connectivity index (χ0v) is 12.8. The second kappa shape index (κ2) is 6.46. The third kappa shape index (κ3) is 3.64. The van der Waals surface area contributed by atoms with Crippen LogP contribution in [-0.4, -0.2) is 29.9 Å². The Morgan fingerprint density at radius 3 is 2.90 bits per heavy atom. The van der Waals surface area contributed by atoms with Gasteiger partial charge in [-0.15, -0.1) is 0 Å². The summed E-state index contributed by atoms with van der Waals surface area (Å²) < 4.78 is 5.74. The molecule has 1 aliphatic heterocycles. The fraction of sp³-hybridized carbons (Fsp3) is 0.533. The molecule has 2 rings (SSSR count). The van der Waals surface area contributed by atoms with Gasteiger partial charge in [-0.2, -0.15) is 0 Å². The van der Waals surface area contributed by atoms with Crippen LogP contribution in [0.25, 0.3) is 0 Å². The van der Waals surface area contributed by atoms with E-state index in [1.165, 1.54) is 5.56 Å². The van der Waals surface area contributed by atoms with Crippen molar-refractivity contribution in [3.05, 3.63) is 28.3 Å². The highest BCUT2D eigenvalue weighted by Crippen LogP contribution is 2.33. The van der Waals surface area contributed by atoms with Crippen LogP contribution >= 0.6 is 11.6 Å². The number of halogens is 1. The van der Waals surface area contributed by atoms with E-state index in [9.17, 15) is 0 Å². The van der Waals surface area contributed by atoms with Crippen LogP contribution in [0.1, 0.15) is 31.4 Å². The Hall–Kier alpha value is -1.26. The minimum Gasteiger partial charge on any atom is -0.493 e. The first-order valence-electron chi connectivity index (χ1n) is 6.98. The summed E-state index contributed by atoms with van der Waals surface area (Å²) in [6, 6.07) is 4.35. The van der Waals surface area contributed by atoms with Crippen LogP contribution in [0.15, 0.2) is 12.1 Å². The average Bonchev–Trinajstić information content (AvgIpc) is 2.81. The first-order valence-corrected chi connectivity index (χ1v) is 7.36. The van der Waals surface area contributed by atoms with Gasteiger partial charge in [-0.05, 0) is 31.5 Å². The summed E-state index contributed by atoms with van der Waals surface area (Å²) in [5.74, 6) is 1.21. The van der Waals surface area contributed by atoms with Crippen molar-refractivity contribution in [3.8, 4) is 5.75 Å². The summed E-state index contributed by atoms with van der Waals surface area (Å²) in [6.07, 6.45) is 1.51.